The largest absolute Gasteiger partial charge is 0.486 e. The molecule has 0 radical (unpaired) electrons. The Labute approximate surface area is 158 Å². The number of furan rings is 1. The molecule has 0 unspecified atom stereocenters. The summed E-state index contributed by atoms with van der Waals surface area (Å²) in [7, 11) is 0. The molecule has 0 bridgehead atoms. The molecule has 4 rings (SSSR count). The number of hydrogen-bond acceptors (Lipinski definition) is 4. The van der Waals surface area contributed by atoms with Gasteiger partial charge >= 0.3 is 0 Å². The number of amides is 1. The Balaban J connectivity index is 1.43. The minimum Gasteiger partial charge on any atom is -0.486 e. The highest BCUT2D eigenvalue weighted by Gasteiger charge is 2.35. The summed E-state index contributed by atoms with van der Waals surface area (Å²) in [5.74, 6) is 1.62. The van der Waals surface area contributed by atoms with Gasteiger partial charge in [-0.05, 0) is 48.9 Å². The number of nitrogens with zero attached hydrogens (tertiary/aromatic N) is 1. The molecule has 140 valence electrons. The number of rotatable bonds is 4. The van der Waals surface area contributed by atoms with Gasteiger partial charge in [0.2, 0.25) is 0 Å². The smallest absolute Gasteiger partial charge is 0.290 e. The first-order valence-corrected chi connectivity index (χ1v) is 9.13. The minimum absolute atomic E-state index is 0.111. The van der Waals surface area contributed by atoms with E-state index in [1.54, 1.807) is 12.1 Å². The van der Waals surface area contributed by atoms with Gasteiger partial charge in [-0.15, -0.1) is 0 Å². The van der Waals surface area contributed by atoms with Gasteiger partial charge in [-0.2, -0.15) is 0 Å². The molecule has 1 fully saturated rings. The molecule has 1 aromatic heterocycles. The third-order valence-electron chi connectivity index (χ3n) is 4.86. The third-order valence-corrected chi connectivity index (χ3v) is 4.86. The fourth-order valence-electron chi connectivity index (χ4n) is 3.35. The highest BCUT2D eigenvalue weighted by atomic mass is 16.5. The highest BCUT2D eigenvalue weighted by molar-refractivity contribution is 5.92. The van der Waals surface area contributed by atoms with E-state index in [9.17, 15) is 4.79 Å². The number of ether oxygens (including phenoxy) is 2. The Bertz CT molecular complexity index is 960. The van der Waals surface area contributed by atoms with Gasteiger partial charge in [-0.25, -0.2) is 0 Å². The average molecular weight is 365 g/mol. The Morgan fingerprint density at radius 2 is 1.93 bits per heavy atom. The summed E-state index contributed by atoms with van der Waals surface area (Å²) in [6, 6.07) is 17.6. The van der Waals surface area contributed by atoms with Crippen molar-refractivity contribution in [2.75, 3.05) is 19.8 Å². The molecular weight excluding hydrogens is 342 g/mol. The van der Waals surface area contributed by atoms with Crippen LogP contribution in [0.15, 0.2) is 59.0 Å². The van der Waals surface area contributed by atoms with Crippen LogP contribution in [0.4, 0.5) is 0 Å². The normalized spacial score (nSPS) is 16.4. The van der Waals surface area contributed by atoms with E-state index in [-0.39, 0.29) is 18.1 Å². The van der Waals surface area contributed by atoms with Crippen LogP contribution in [0.2, 0.25) is 0 Å². The van der Waals surface area contributed by atoms with E-state index in [4.69, 9.17) is 13.9 Å². The number of carbonyl (C=O) groups excluding carboxylic acids is 1. The van der Waals surface area contributed by atoms with Crippen molar-refractivity contribution < 1.29 is 18.7 Å². The molecule has 5 heteroatoms. The zero-order chi connectivity index (χ0) is 18.9. The standard InChI is InChI=1S/C22H23NO4/c1-22(2)15-25-12-11-23(22)21(24)20-10-9-19(27-20)14-26-18-8-7-16-5-3-4-6-17(16)13-18/h3-10,13H,11-12,14-15H2,1-2H3. The predicted molar refractivity (Wildman–Crippen MR) is 103 cm³/mol. The summed E-state index contributed by atoms with van der Waals surface area (Å²) in [6.07, 6.45) is 0. The van der Waals surface area contributed by atoms with Crippen LogP contribution < -0.4 is 4.74 Å². The van der Waals surface area contributed by atoms with E-state index in [0.29, 0.717) is 31.3 Å². The van der Waals surface area contributed by atoms with Gasteiger partial charge in [0.05, 0.1) is 18.8 Å². The Kier molecular flexibility index (Phi) is 4.62. The lowest BCUT2D eigenvalue weighted by Gasteiger charge is -2.41. The van der Waals surface area contributed by atoms with Gasteiger partial charge in [0, 0.05) is 6.54 Å². The molecule has 5 nitrogen and oxygen atoms in total. The van der Waals surface area contributed by atoms with Crippen LogP contribution in [-0.4, -0.2) is 36.1 Å². The Morgan fingerprint density at radius 3 is 2.74 bits per heavy atom. The molecule has 1 amide bonds. The lowest BCUT2D eigenvalue weighted by atomic mass is 10.0. The van der Waals surface area contributed by atoms with E-state index in [0.717, 1.165) is 11.1 Å². The van der Waals surface area contributed by atoms with Crippen molar-refractivity contribution in [3.8, 4) is 5.75 Å². The van der Waals surface area contributed by atoms with Crippen LogP contribution >= 0.6 is 0 Å². The second-order valence-corrected chi connectivity index (χ2v) is 7.39. The van der Waals surface area contributed by atoms with E-state index >= 15 is 0 Å². The van der Waals surface area contributed by atoms with Crippen molar-refractivity contribution in [3.63, 3.8) is 0 Å². The van der Waals surface area contributed by atoms with Crippen LogP contribution in [0, 0.1) is 0 Å². The molecule has 0 aliphatic carbocycles. The molecule has 0 atom stereocenters. The van der Waals surface area contributed by atoms with Crippen molar-refractivity contribution in [1.29, 1.82) is 0 Å². The zero-order valence-electron chi connectivity index (χ0n) is 15.6. The maximum absolute atomic E-state index is 12.8. The zero-order valence-corrected chi connectivity index (χ0v) is 15.6. The molecule has 0 N–H and O–H groups in total. The molecule has 27 heavy (non-hydrogen) atoms. The SMILES string of the molecule is CC1(C)COCCN1C(=O)c1ccc(COc2ccc3ccccc3c2)o1. The molecule has 0 saturated carbocycles. The van der Waals surface area contributed by atoms with Crippen LogP contribution in [-0.2, 0) is 11.3 Å². The first-order chi connectivity index (χ1) is 13.0. The molecule has 1 aliphatic heterocycles. The lowest BCUT2D eigenvalue weighted by Crippen LogP contribution is -2.55. The van der Waals surface area contributed by atoms with Gasteiger partial charge in [0.15, 0.2) is 5.76 Å². The van der Waals surface area contributed by atoms with Crippen LogP contribution in [0.3, 0.4) is 0 Å². The summed E-state index contributed by atoms with van der Waals surface area (Å²) in [5, 5.41) is 2.30. The van der Waals surface area contributed by atoms with Gasteiger partial charge in [-0.1, -0.05) is 30.3 Å². The number of benzene rings is 2. The molecular formula is C22H23NO4. The predicted octanol–water partition coefficient (Wildman–Crippen LogP) is 4.26. The summed E-state index contributed by atoms with van der Waals surface area (Å²) in [5.41, 5.74) is -0.343. The molecule has 3 aromatic rings. The van der Waals surface area contributed by atoms with E-state index in [2.05, 4.69) is 12.1 Å². The van der Waals surface area contributed by atoms with Crippen molar-refractivity contribution >= 4 is 16.7 Å². The van der Waals surface area contributed by atoms with E-state index < -0.39 is 0 Å². The molecule has 0 spiro atoms. The second kappa shape index (κ2) is 7.08. The fourth-order valence-corrected chi connectivity index (χ4v) is 3.35. The van der Waals surface area contributed by atoms with E-state index in [1.165, 1.54) is 5.39 Å². The molecule has 1 aliphatic rings. The summed E-state index contributed by atoms with van der Waals surface area (Å²) in [4.78, 5) is 14.6. The quantitative estimate of drug-likeness (QED) is 0.693. The van der Waals surface area contributed by atoms with Crippen LogP contribution in [0.1, 0.15) is 30.2 Å². The number of fused-ring (bicyclic) bond motifs is 1. The average Bonchev–Trinajstić information content (AvgIpc) is 3.14. The number of morpholine rings is 1. The van der Waals surface area contributed by atoms with Gasteiger partial charge in [-0.3, -0.25) is 4.79 Å². The van der Waals surface area contributed by atoms with E-state index in [1.807, 2.05) is 49.1 Å². The topological polar surface area (TPSA) is 51.9 Å². The first-order valence-electron chi connectivity index (χ1n) is 9.13. The number of hydrogen-bond donors (Lipinski definition) is 0. The molecule has 2 aromatic carbocycles. The third kappa shape index (κ3) is 3.69. The van der Waals surface area contributed by atoms with Crippen molar-refractivity contribution in [3.05, 3.63) is 66.1 Å². The first kappa shape index (κ1) is 17.6. The Morgan fingerprint density at radius 1 is 1.11 bits per heavy atom. The van der Waals surface area contributed by atoms with Gasteiger partial charge < -0.3 is 18.8 Å². The van der Waals surface area contributed by atoms with Crippen LogP contribution in [0.5, 0.6) is 5.75 Å². The summed E-state index contributed by atoms with van der Waals surface area (Å²) < 4.78 is 17.1. The summed E-state index contributed by atoms with van der Waals surface area (Å²) in [6.45, 7) is 5.91. The van der Waals surface area contributed by atoms with Crippen molar-refractivity contribution in [2.45, 2.75) is 26.0 Å². The number of carbonyl (C=O) groups is 1. The lowest BCUT2D eigenvalue weighted by molar-refractivity contribution is -0.0383. The molecule has 1 saturated heterocycles. The monoisotopic (exact) mass is 365 g/mol. The van der Waals surface area contributed by atoms with Crippen molar-refractivity contribution in [2.24, 2.45) is 0 Å². The second-order valence-electron chi connectivity index (χ2n) is 7.39. The van der Waals surface area contributed by atoms with Gasteiger partial charge in [0.25, 0.3) is 5.91 Å². The highest BCUT2D eigenvalue weighted by Crippen LogP contribution is 2.24. The Hall–Kier alpha value is -2.79. The van der Waals surface area contributed by atoms with Crippen LogP contribution in [0.25, 0.3) is 10.8 Å². The van der Waals surface area contributed by atoms with Gasteiger partial charge in [0.1, 0.15) is 18.1 Å². The fraction of sp³-hybridized carbons (Fsp3) is 0.318. The summed E-state index contributed by atoms with van der Waals surface area (Å²) >= 11 is 0. The van der Waals surface area contributed by atoms with Crippen molar-refractivity contribution in [1.82, 2.24) is 4.90 Å². The maximum atomic E-state index is 12.8. The maximum Gasteiger partial charge on any atom is 0.290 e. The molecule has 2 heterocycles. The minimum atomic E-state index is -0.343.